The van der Waals surface area contributed by atoms with Crippen LogP contribution < -0.4 is 0 Å². The Morgan fingerprint density at radius 2 is 2.00 bits per heavy atom. The van der Waals surface area contributed by atoms with Crippen molar-refractivity contribution in [2.75, 3.05) is 0 Å². The minimum Gasteiger partial charge on any atom is -0.381 e. The smallest absolute Gasteiger partial charge is 0.131 e. The number of thiazole rings is 1. The van der Waals surface area contributed by atoms with E-state index in [1.165, 1.54) is 11.3 Å². The summed E-state index contributed by atoms with van der Waals surface area (Å²) in [6.45, 7) is 0. The van der Waals surface area contributed by atoms with E-state index in [0.717, 1.165) is 5.56 Å². The molecule has 0 spiro atoms. The second-order valence-electron chi connectivity index (χ2n) is 2.82. The number of rotatable bonds is 2. The minimum atomic E-state index is -0.646. The van der Waals surface area contributed by atoms with Crippen LogP contribution in [0, 0.1) is 0 Å². The molecule has 0 aliphatic carbocycles. The molecule has 14 heavy (non-hydrogen) atoms. The summed E-state index contributed by atoms with van der Waals surface area (Å²) in [5.41, 5.74) is 0.810. The van der Waals surface area contributed by atoms with E-state index in [0.29, 0.717) is 10.0 Å². The molecular weight excluding hydrogens is 218 g/mol. The number of aliphatic hydroxyl groups excluding tert-OH is 1. The largest absolute Gasteiger partial charge is 0.381 e. The van der Waals surface area contributed by atoms with Crippen LogP contribution in [0.5, 0.6) is 0 Å². The number of halogens is 1. The van der Waals surface area contributed by atoms with Crippen LogP contribution in [0.4, 0.5) is 0 Å². The Morgan fingerprint density at radius 1 is 1.29 bits per heavy atom. The SMILES string of the molecule is O[C@H](c1ccc(Cl)cc1)c1nccs1. The van der Waals surface area contributed by atoms with Gasteiger partial charge in [0.05, 0.1) is 0 Å². The third-order valence-electron chi connectivity index (χ3n) is 1.87. The zero-order valence-corrected chi connectivity index (χ0v) is 8.79. The van der Waals surface area contributed by atoms with Crippen molar-refractivity contribution in [1.29, 1.82) is 0 Å². The summed E-state index contributed by atoms with van der Waals surface area (Å²) in [5, 5.41) is 13.1. The van der Waals surface area contributed by atoms with Gasteiger partial charge in [-0.1, -0.05) is 23.7 Å². The predicted octanol–water partition coefficient (Wildman–Crippen LogP) is 2.88. The van der Waals surface area contributed by atoms with E-state index in [2.05, 4.69) is 4.98 Å². The number of nitrogens with zero attached hydrogens (tertiary/aromatic N) is 1. The summed E-state index contributed by atoms with van der Waals surface area (Å²) in [7, 11) is 0. The Hall–Kier alpha value is -0.900. The lowest BCUT2D eigenvalue weighted by Gasteiger charge is -2.07. The van der Waals surface area contributed by atoms with Crippen LogP contribution in [-0.2, 0) is 0 Å². The molecule has 1 N–H and O–H groups in total. The Bertz CT molecular complexity index is 399. The Kier molecular flexibility index (Phi) is 2.82. The van der Waals surface area contributed by atoms with Gasteiger partial charge in [-0.3, -0.25) is 0 Å². The first-order chi connectivity index (χ1) is 6.77. The summed E-state index contributed by atoms with van der Waals surface area (Å²) in [5.74, 6) is 0. The molecule has 72 valence electrons. The molecule has 1 aromatic heterocycles. The van der Waals surface area contributed by atoms with E-state index in [1.54, 1.807) is 30.5 Å². The average Bonchev–Trinajstić information content (AvgIpc) is 2.71. The molecule has 0 fully saturated rings. The normalized spacial score (nSPS) is 12.7. The van der Waals surface area contributed by atoms with Gasteiger partial charge in [0.2, 0.25) is 0 Å². The molecule has 1 heterocycles. The number of hydrogen-bond donors (Lipinski definition) is 1. The first-order valence-corrected chi connectivity index (χ1v) is 5.36. The Balaban J connectivity index is 2.28. The molecule has 2 rings (SSSR count). The minimum absolute atomic E-state index is 0.646. The predicted molar refractivity (Wildman–Crippen MR) is 57.6 cm³/mol. The van der Waals surface area contributed by atoms with E-state index in [1.807, 2.05) is 5.38 Å². The summed E-state index contributed by atoms with van der Waals surface area (Å²) in [6.07, 6.45) is 1.03. The molecule has 2 aromatic rings. The fourth-order valence-electron chi connectivity index (χ4n) is 1.16. The molecular formula is C10H8ClNOS. The summed E-state index contributed by atoms with van der Waals surface area (Å²) < 4.78 is 0. The number of aromatic nitrogens is 1. The van der Waals surface area contributed by atoms with Crippen molar-refractivity contribution >= 4 is 22.9 Å². The number of benzene rings is 1. The standard InChI is InChI=1S/C10H8ClNOS/c11-8-3-1-7(2-4-8)9(13)10-12-5-6-14-10/h1-6,9,13H/t9-/m1/s1. The maximum absolute atomic E-state index is 9.88. The highest BCUT2D eigenvalue weighted by molar-refractivity contribution is 7.09. The second-order valence-corrected chi connectivity index (χ2v) is 4.19. The van der Waals surface area contributed by atoms with Crippen molar-refractivity contribution in [3.05, 3.63) is 51.4 Å². The summed E-state index contributed by atoms with van der Waals surface area (Å²) >= 11 is 7.18. The van der Waals surface area contributed by atoms with Gasteiger partial charge in [0.15, 0.2) is 0 Å². The lowest BCUT2D eigenvalue weighted by atomic mass is 10.1. The van der Waals surface area contributed by atoms with E-state index in [9.17, 15) is 5.11 Å². The van der Waals surface area contributed by atoms with Gasteiger partial charge in [0.25, 0.3) is 0 Å². The molecule has 2 nitrogen and oxygen atoms in total. The van der Waals surface area contributed by atoms with Crippen LogP contribution in [0.2, 0.25) is 5.02 Å². The molecule has 1 aromatic carbocycles. The van der Waals surface area contributed by atoms with E-state index >= 15 is 0 Å². The maximum Gasteiger partial charge on any atom is 0.131 e. The van der Waals surface area contributed by atoms with Gasteiger partial charge in [-0.05, 0) is 17.7 Å². The van der Waals surface area contributed by atoms with Gasteiger partial charge in [-0.25, -0.2) is 4.98 Å². The third kappa shape index (κ3) is 1.95. The number of aliphatic hydroxyl groups is 1. The van der Waals surface area contributed by atoms with Gasteiger partial charge < -0.3 is 5.11 Å². The van der Waals surface area contributed by atoms with Crippen LogP contribution in [-0.4, -0.2) is 10.1 Å². The first-order valence-electron chi connectivity index (χ1n) is 4.10. The second kappa shape index (κ2) is 4.09. The zero-order valence-electron chi connectivity index (χ0n) is 7.22. The van der Waals surface area contributed by atoms with Crippen molar-refractivity contribution < 1.29 is 5.11 Å². The summed E-state index contributed by atoms with van der Waals surface area (Å²) in [4.78, 5) is 4.05. The van der Waals surface area contributed by atoms with Gasteiger partial charge >= 0.3 is 0 Å². The van der Waals surface area contributed by atoms with Crippen molar-refractivity contribution in [1.82, 2.24) is 4.98 Å². The highest BCUT2D eigenvalue weighted by atomic mass is 35.5. The van der Waals surface area contributed by atoms with Gasteiger partial charge in [-0.2, -0.15) is 0 Å². The maximum atomic E-state index is 9.88. The molecule has 1 atom stereocenters. The van der Waals surface area contributed by atoms with E-state index in [4.69, 9.17) is 11.6 Å². The van der Waals surface area contributed by atoms with Crippen molar-refractivity contribution in [3.8, 4) is 0 Å². The van der Waals surface area contributed by atoms with Crippen molar-refractivity contribution in [2.24, 2.45) is 0 Å². The molecule has 0 saturated heterocycles. The van der Waals surface area contributed by atoms with Gasteiger partial charge in [0, 0.05) is 16.6 Å². The molecule has 0 radical (unpaired) electrons. The number of hydrogen-bond acceptors (Lipinski definition) is 3. The molecule has 0 bridgehead atoms. The molecule has 0 amide bonds. The van der Waals surface area contributed by atoms with E-state index in [-0.39, 0.29) is 0 Å². The Morgan fingerprint density at radius 3 is 2.57 bits per heavy atom. The molecule has 0 aliphatic heterocycles. The Labute approximate surface area is 90.8 Å². The fraction of sp³-hybridized carbons (Fsp3) is 0.100. The van der Waals surface area contributed by atoms with Crippen LogP contribution >= 0.6 is 22.9 Å². The molecule has 0 aliphatic rings. The quantitative estimate of drug-likeness (QED) is 0.853. The van der Waals surface area contributed by atoms with Gasteiger partial charge in [-0.15, -0.1) is 11.3 Å². The topological polar surface area (TPSA) is 33.1 Å². The lowest BCUT2D eigenvalue weighted by molar-refractivity contribution is 0.220. The molecule has 4 heteroatoms. The third-order valence-corrected chi connectivity index (χ3v) is 2.95. The first kappa shape index (κ1) is 9.65. The molecule has 0 unspecified atom stereocenters. The van der Waals surface area contributed by atoms with Crippen LogP contribution in [0.25, 0.3) is 0 Å². The molecule has 0 saturated carbocycles. The lowest BCUT2D eigenvalue weighted by Crippen LogP contribution is -1.97. The average molecular weight is 226 g/mol. The van der Waals surface area contributed by atoms with Gasteiger partial charge in [0.1, 0.15) is 11.1 Å². The van der Waals surface area contributed by atoms with Crippen LogP contribution in [0.15, 0.2) is 35.8 Å². The monoisotopic (exact) mass is 225 g/mol. The fourth-order valence-corrected chi connectivity index (χ4v) is 1.93. The van der Waals surface area contributed by atoms with E-state index < -0.39 is 6.10 Å². The van der Waals surface area contributed by atoms with Crippen molar-refractivity contribution in [3.63, 3.8) is 0 Å². The van der Waals surface area contributed by atoms with Crippen LogP contribution in [0.1, 0.15) is 16.7 Å². The highest BCUT2D eigenvalue weighted by Crippen LogP contribution is 2.24. The van der Waals surface area contributed by atoms with Crippen molar-refractivity contribution in [2.45, 2.75) is 6.10 Å². The zero-order chi connectivity index (χ0) is 9.97. The summed E-state index contributed by atoms with van der Waals surface area (Å²) in [6, 6.07) is 7.12. The van der Waals surface area contributed by atoms with Crippen LogP contribution in [0.3, 0.4) is 0 Å². The highest BCUT2D eigenvalue weighted by Gasteiger charge is 2.11.